The average molecular weight is 471 g/mol. The van der Waals surface area contributed by atoms with Crippen molar-refractivity contribution in [1.82, 2.24) is 4.57 Å². The molecule has 1 aliphatic heterocycles. The summed E-state index contributed by atoms with van der Waals surface area (Å²) in [4.78, 5) is 1.37. The molecule has 2 atom stereocenters. The number of allylic oxidation sites excluding steroid dienone is 1. The summed E-state index contributed by atoms with van der Waals surface area (Å²) in [5.41, 5.74) is 8.86. The molecule has 0 spiro atoms. The van der Waals surface area contributed by atoms with Crippen molar-refractivity contribution in [1.29, 1.82) is 0 Å². The van der Waals surface area contributed by atoms with Gasteiger partial charge >= 0.3 is 7.12 Å². The monoisotopic (exact) mass is 471 g/mol. The number of aromatic nitrogens is 1. The molecule has 0 saturated carbocycles. The number of hydrogen-bond acceptors (Lipinski definition) is 3. The minimum Gasteiger partial charge on any atom is -0.423 e. The van der Waals surface area contributed by atoms with Crippen molar-refractivity contribution in [3.05, 3.63) is 120 Å². The second-order valence-corrected chi connectivity index (χ2v) is 10.3. The molecule has 5 heteroatoms. The molecule has 1 aromatic heterocycles. The standard InChI is InChI=1S/C30H22BNO2S/c33-31(34)21-8-6-7-19(17-21)20-13-14-25-27(18-20)32(22-9-2-1-3-10-22)26-16-15-24-23-11-4-5-12-28(23)35-30(24)29(25)26/h1-18,24,30,33-34H. The summed E-state index contributed by atoms with van der Waals surface area (Å²) in [5.74, 6) is 0.376. The van der Waals surface area contributed by atoms with Gasteiger partial charge in [-0.2, -0.15) is 0 Å². The molecule has 0 radical (unpaired) electrons. The third kappa shape index (κ3) is 3.23. The molecule has 2 heterocycles. The largest absolute Gasteiger partial charge is 0.488 e. The van der Waals surface area contributed by atoms with Crippen LogP contribution in [0.25, 0.3) is 33.8 Å². The number of nitrogens with zero attached hydrogens (tertiary/aromatic N) is 1. The molecular formula is C30H22BNO2S. The molecule has 0 bridgehead atoms. The number of hydrogen-bond donors (Lipinski definition) is 2. The van der Waals surface area contributed by atoms with Crippen molar-refractivity contribution in [3.8, 4) is 16.8 Å². The third-order valence-corrected chi connectivity index (χ3v) is 8.59. The van der Waals surface area contributed by atoms with Gasteiger partial charge in [0.2, 0.25) is 0 Å². The normalized spacial score (nSPS) is 17.8. The molecule has 4 aromatic carbocycles. The summed E-state index contributed by atoms with van der Waals surface area (Å²) < 4.78 is 2.37. The molecule has 7 rings (SSSR count). The van der Waals surface area contributed by atoms with E-state index < -0.39 is 7.12 Å². The van der Waals surface area contributed by atoms with Crippen LogP contribution in [0, 0.1) is 0 Å². The second-order valence-electron chi connectivity index (χ2n) is 9.16. The molecule has 2 N–H and O–H groups in total. The van der Waals surface area contributed by atoms with E-state index in [2.05, 4.69) is 83.4 Å². The van der Waals surface area contributed by atoms with E-state index in [0.717, 1.165) is 22.3 Å². The molecule has 0 amide bonds. The van der Waals surface area contributed by atoms with Crippen LogP contribution in [0.5, 0.6) is 0 Å². The fourth-order valence-electron chi connectivity index (χ4n) is 5.58. The number of fused-ring (bicyclic) bond motifs is 7. The van der Waals surface area contributed by atoms with Crippen LogP contribution in [-0.2, 0) is 0 Å². The highest BCUT2D eigenvalue weighted by molar-refractivity contribution is 8.00. The van der Waals surface area contributed by atoms with Crippen LogP contribution in [0.2, 0.25) is 0 Å². The third-order valence-electron chi connectivity index (χ3n) is 7.18. The van der Waals surface area contributed by atoms with Gasteiger partial charge in [0.05, 0.1) is 11.2 Å². The van der Waals surface area contributed by atoms with Crippen LogP contribution in [-0.4, -0.2) is 21.7 Å². The fraction of sp³-hybridized carbons (Fsp3) is 0.0667. The van der Waals surface area contributed by atoms with Crippen LogP contribution in [0.15, 0.2) is 108 Å². The lowest BCUT2D eigenvalue weighted by Crippen LogP contribution is -2.29. The number of rotatable bonds is 3. The van der Waals surface area contributed by atoms with Crippen molar-refractivity contribution in [3.63, 3.8) is 0 Å². The van der Waals surface area contributed by atoms with E-state index in [1.807, 2.05) is 36.0 Å². The summed E-state index contributed by atoms with van der Waals surface area (Å²) >= 11 is 1.97. The van der Waals surface area contributed by atoms with E-state index in [4.69, 9.17) is 0 Å². The minimum atomic E-state index is -1.48. The highest BCUT2D eigenvalue weighted by Crippen LogP contribution is 2.59. The first-order chi connectivity index (χ1) is 17.2. The van der Waals surface area contributed by atoms with Crippen LogP contribution < -0.4 is 5.46 Å². The summed E-state index contributed by atoms with van der Waals surface area (Å²) in [7, 11) is -1.48. The zero-order valence-electron chi connectivity index (χ0n) is 18.9. The van der Waals surface area contributed by atoms with Crippen LogP contribution >= 0.6 is 11.8 Å². The summed E-state index contributed by atoms with van der Waals surface area (Å²) in [5, 5.41) is 21.0. The highest BCUT2D eigenvalue weighted by atomic mass is 32.2. The van der Waals surface area contributed by atoms with E-state index in [1.54, 1.807) is 6.07 Å². The van der Waals surface area contributed by atoms with Gasteiger partial charge in [-0.05, 0) is 58.1 Å². The predicted octanol–water partition coefficient (Wildman–Crippen LogP) is 5.93. The average Bonchev–Trinajstić information content (AvgIpc) is 3.44. The Balaban J connectivity index is 1.47. The molecule has 0 fully saturated rings. The second kappa shape index (κ2) is 8.03. The van der Waals surface area contributed by atoms with Crippen molar-refractivity contribution < 1.29 is 10.0 Å². The Kier molecular flexibility index (Phi) is 4.78. The lowest BCUT2D eigenvalue weighted by molar-refractivity contribution is 0.426. The van der Waals surface area contributed by atoms with E-state index in [9.17, 15) is 10.0 Å². The number of para-hydroxylation sites is 1. The molecule has 1 aliphatic carbocycles. The Morgan fingerprint density at radius 2 is 1.57 bits per heavy atom. The zero-order valence-corrected chi connectivity index (χ0v) is 19.7. The van der Waals surface area contributed by atoms with E-state index in [1.165, 1.54) is 27.1 Å². The van der Waals surface area contributed by atoms with Gasteiger partial charge < -0.3 is 14.6 Å². The molecule has 35 heavy (non-hydrogen) atoms. The lowest BCUT2D eigenvalue weighted by Gasteiger charge is -2.22. The van der Waals surface area contributed by atoms with Gasteiger partial charge in [-0.1, -0.05) is 78.9 Å². The maximum Gasteiger partial charge on any atom is 0.488 e. The maximum absolute atomic E-state index is 9.67. The van der Waals surface area contributed by atoms with Crippen LogP contribution in [0.4, 0.5) is 0 Å². The Morgan fingerprint density at radius 1 is 0.771 bits per heavy atom. The van der Waals surface area contributed by atoms with E-state index in [-0.39, 0.29) is 0 Å². The molecule has 0 saturated heterocycles. The minimum absolute atomic E-state index is 0.346. The number of thioether (sulfide) groups is 1. The highest BCUT2D eigenvalue weighted by Gasteiger charge is 2.38. The van der Waals surface area contributed by atoms with Gasteiger partial charge in [0.15, 0.2) is 0 Å². The lowest BCUT2D eigenvalue weighted by atomic mass is 9.79. The van der Waals surface area contributed by atoms with Crippen molar-refractivity contribution in [2.45, 2.75) is 16.1 Å². The van der Waals surface area contributed by atoms with Gasteiger partial charge in [0, 0.05) is 27.1 Å². The molecule has 2 aliphatic rings. The van der Waals surface area contributed by atoms with Gasteiger partial charge in [-0.3, -0.25) is 0 Å². The number of benzene rings is 4. The molecular weight excluding hydrogens is 449 g/mol. The van der Waals surface area contributed by atoms with Crippen LogP contribution in [0.1, 0.15) is 28.0 Å². The quantitative estimate of drug-likeness (QED) is 0.321. The summed E-state index contributed by atoms with van der Waals surface area (Å²) in [6.07, 6.45) is 4.67. The fourth-order valence-corrected chi connectivity index (χ4v) is 7.10. The molecule has 3 nitrogen and oxygen atoms in total. The predicted molar refractivity (Wildman–Crippen MR) is 145 cm³/mol. The van der Waals surface area contributed by atoms with E-state index in [0.29, 0.717) is 16.6 Å². The van der Waals surface area contributed by atoms with Crippen molar-refractivity contribution in [2.75, 3.05) is 0 Å². The Bertz CT molecular complexity index is 1620. The Labute approximate surface area is 208 Å². The molecule has 5 aromatic rings. The van der Waals surface area contributed by atoms with Crippen LogP contribution in [0.3, 0.4) is 0 Å². The zero-order chi connectivity index (χ0) is 23.5. The Hall–Kier alpha value is -3.51. The smallest absolute Gasteiger partial charge is 0.423 e. The first-order valence-corrected chi connectivity index (χ1v) is 12.7. The topological polar surface area (TPSA) is 45.4 Å². The first kappa shape index (κ1) is 20.8. The van der Waals surface area contributed by atoms with Gasteiger partial charge in [0.1, 0.15) is 0 Å². The van der Waals surface area contributed by atoms with Gasteiger partial charge in [-0.25, -0.2) is 0 Å². The van der Waals surface area contributed by atoms with Crippen molar-refractivity contribution in [2.24, 2.45) is 0 Å². The van der Waals surface area contributed by atoms with E-state index >= 15 is 0 Å². The molecule has 2 unspecified atom stereocenters. The summed E-state index contributed by atoms with van der Waals surface area (Å²) in [6.45, 7) is 0. The maximum atomic E-state index is 9.67. The van der Waals surface area contributed by atoms with Gasteiger partial charge in [0.25, 0.3) is 0 Å². The van der Waals surface area contributed by atoms with Gasteiger partial charge in [-0.15, -0.1) is 11.8 Å². The summed E-state index contributed by atoms with van der Waals surface area (Å²) in [6, 6.07) is 33.4. The van der Waals surface area contributed by atoms with Crippen molar-refractivity contribution >= 4 is 41.3 Å². The molecule has 168 valence electrons. The first-order valence-electron chi connectivity index (χ1n) is 11.8. The Morgan fingerprint density at radius 3 is 2.43 bits per heavy atom. The SMILES string of the molecule is OB(O)c1cccc(-c2ccc3c4c(n(-c5ccccc5)c3c2)C=CC2c3ccccc3SC42)c1.